The summed E-state index contributed by atoms with van der Waals surface area (Å²) in [5, 5.41) is 0.577. The normalized spacial score (nSPS) is 19.7. The molecule has 2 aliphatic rings. The monoisotopic (exact) mass is 224 g/mol. The molecule has 0 aromatic heterocycles. The van der Waals surface area contributed by atoms with E-state index < -0.39 is 11.9 Å². The number of hydrogen-bond acceptors (Lipinski definition) is 5. The molecule has 0 aromatic carbocycles. The molecule has 0 aliphatic carbocycles. The van der Waals surface area contributed by atoms with Gasteiger partial charge in [0.25, 0.3) is 5.91 Å². The highest BCUT2D eigenvalue weighted by Crippen LogP contribution is 2.31. The van der Waals surface area contributed by atoms with Crippen molar-refractivity contribution in [2.24, 2.45) is 9.98 Å². The van der Waals surface area contributed by atoms with Gasteiger partial charge in [-0.25, -0.2) is 9.79 Å². The van der Waals surface area contributed by atoms with Crippen LogP contribution in [0.3, 0.4) is 0 Å². The van der Waals surface area contributed by atoms with Gasteiger partial charge < -0.3 is 4.74 Å². The van der Waals surface area contributed by atoms with E-state index in [4.69, 9.17) is 0 Å². The SMILES string of the molecule is COC(=O)C1=C2C(=O)N=C(C)N=C2SC1. The third-order valence-corrected chi connectivity index (χ3v) is 3.04. The van der Waals surface area contributed by atoms with Gasteiger partial charge in [0.15, 0.2) is 0 Å². The minimum absolute atomic E-state index is 0.303. The number of amidine groups is 1. The van der Waals surface area contributed by atoms with E-state index in [1.807, 2.05) is 0 Å². The molecule has 0 saturated heterocycles. The van der Waals surface area contributed by atoms with E-state index in [9.17, 15) is 9.59 Å². The zero-order valence-corrected chi connectivity index (χ0v) is 9.05. The Morgan fingerprint density at radius 2 is 2.20 bits per heavy atom. The van der Waals surface area contributed by atoms with Crippen LogP contribution in [0, 0.1) is 0 Å². The molecule has 2 heterocycles. The van der Waals surface area contributed by atoms with E-state index in [1.54, 1.807) is 6.92 Å². The van der Waals surface area contributed by atoms with Gasteiger partial charge >= 0.3 is 5.97 Å². The van der Waals surface area contributed by atoms with E-state index in [1.165, 1.54) is 18.9 Å². The molecule has 0 bridgehead atoms. The third-order valence-electron chi connectivity index (χ3n) is 2.04. The standard InChI is InChI=1S/C9H8N2O3S/c1-4-10-7(12)6-5(9(13)14-2)3-15-8(6)11-4/h3H2,1-2H3. The molecule has 78 valence electrons. The summed E-state index contributed by atoms with van der Waals surface area (Å²) in [7, 11) is 1.29. The van der Waals surface area contributed by atoms with Crippen molar-refractivity contribution in [2.45, 2.75) is 6.92 Å². The van der Waals surface area contributed by atoms with Crippen LogP contribution in [-0.2, 0) is 14.3 Å². The second-order valence-corrected chi connectivity index (χ2v) is 3.98. The van der Waals surface area contributed by atoms with Crippen LogP contribution in [0.2, 0.25) is 0 Å². The molecule has 0 unspecified atom stereocenters. The van der Waals surface area contributed by atoms with Crippen LogP contribution in [0.15, 0.2) is 21.1 Å². The van der Waals surface area contributed by atoms with Crippen molar-refractivity contribution in [3.05, 3.63) is 11.1 Å². The second-order valence-electron chi connectivity index (χ2n) is 3.01. The van der Waals surface area contributed by atoms with Crippen LogP contribution >= 0.6 is 11.8 Å². The summed E-state index contributed by atoms with van der Waals surface area (Å²) in [5.41, 5.74) is 0.667. The predicted octanol–water partition coefficient (Wildman–Crippen LogP) is 0.560. The van der Waals surface area contributed by atoms with Crippen LogP contribution in [0.25, 0.3) is 0 Å². The molecule has 0 aromatic rings. The van der Waals surface area contributed by atoms with Gasteiger partial charge in [-0.05, 0) is 6.92 Å². The average molecular weight is 224 g/mol. The molecular formula is C9H8N2O3S. The number of thioether (sulfide) groups is 1. The molecule has 1 amide bonds. The first-order chi connectivity index (χ1) is 7.13. The number of ether oxygens (including phenoxy) is 1. The van der Waals surface area contributed by atoms with Crippen LogP contribution in [0.5, 0.6) is 0 Å². The number of methoxy groups -OCH3 is 1. The van der Waals surface area contributed by atoms with Gasteiger partial charge in [0.1, 0.15) is 10.9 Å². The molecule has 0 fully saturated rings. The molecule has 2 aliphatic heterocycles. The van der Waals surface area contributed by atoms with Crippen LogP contribution in [-0.4, -0.2) is 35.6 Å². The lowest BCUT2D eigenvalue weighted by Crippen LogP contribution is -2.17. The van der Waals surface area contributed by atoms with Gasteiger partial charge in [-0.1, -0.05) is 0 Å². The minimum atomic E-state index is -0.481. The van der Waals surface area contributed by atoms with E-state index in [0.29, 0.717) is 27.8 Å². The molecule has 0 saturated carbocycles. The van der Waals surface area contributed by atoms with E-state index >= 15 is 0 Å². The van der Waals surface area contributed by atoms with Crippen LogP contribution in [0.1, 0.15) is 6.92 Å². The largest absolute Gasteiger partial charge is 0.466 e. The van der Waals surface area contributed by atoms with E-state index in [0.717, 1.165) is 0 Å². The fourth-order valence-electron chi connectivity index (χ4n) is 1.38. The first-order valence-corrected chi connectivity index (χ1v) is 5.25. The number of amides is 1. The lowest BCUT2D eigenvalue weighted by atomic mass is 10.1. The van der Waals surface area contributed by atoms with Crippen molar-refractivity contribution in [1.29, 1.82) is 0 Å². The number of rotatable bonds is 1. The van der Waals surface area contributed by atoms with Crippen molar-refractivity contribution in [3.8, 4) is 0 Å². The van der Waals surface area contributed by atoms with Gasteiger partial charge in [-0.15, -0.1) is 11.8 Å². The highest BCUT2D eigenvalue weighted by molar-refractivity contribution is 8.15. The molecule has 2 rings (SSSR count). The number of carbonyl (C=O) groups excluding carboxylic acids is 2. The van der Waals surface area contributed by atoms with Gasteiger partial charge in [-0.2, -0.15) is 4.99 Å². The number of carbonyl (C=O) groups is 2. The van der Waals surface area contributed by atoms with Gasteiger partial charge in [0.2, 0.25) is 0 Å². The van der Waals surface area contributed by atoms with Gasteiger partial charge in [0.05, 0.1) is 18.3 Å². The summed E-state index contributed by atoms with van der Waals surface area (Å²) < 4.78 is 4.59. The van der Waals surface area contributed by atoms with E-state index in [2.05, 4.69) is 14.7 Å². The van der Waals surface area contributed by atoms with Crippen molar-refractivity contribution in [1.82, 2.24) is 0 Å². The maximum absolute atomic E-state index is 11.6. The van der Waals surface area contributed by atoms with E-state index in [-0.39, 0.29) is 0 Å². The molecular weight excluding hydrogens is 216 g/mol. The maximum atomic E-state index is 11.6. The number of hydrogen-bond donors (Lipinski definition) is 0. The summed E-state index contributed by atoms with van der Waals surface area (Å²) in [4.78, 5) is 30.7. The lowest BCUT2D eigenvalue weighted by Gasteiger charge is -2.06. The maximum Gasteiger partial charge on any atom is 0.335 e. The van der Waals surface area contributed by atoms with Crippen LogP contribution in [0.4, 0.5) is 0 Å². The topological polar surface area (TPSA) is 68.1 Å². The number of fused-ring (bicyclic) bond motifs is 1. The average Bonchev–Trinajstić information content (AvgIpc) is 2.60. The zero-order valence-electron chi connectivity index (χ0n) is 8.23. The smallest absolute Gasteiger partial charge is 0.335 e. The molecule has 5 nitrogen and oxygen atoms in total. The summed E-state index contributed by atoms with van der Waals surface area (Å²) in [5.74, 6) is -0.0267. The Bertz CT molecular complexity index is 448. The first-order valence-electron chi connectivity index (χ1n) is 4.26. The Labute approximate surface area is 90.3 Å². The number of esters is 1. The molecule has 0 atom stereocenters. The highest BCUT2D eigenvalue weighted by Gasteiger charge is 2.34. The Morgan fingerprint density at radius 1 is 1.47 bits per heavy atom. The summed E-state index contributed by atoms with van der Waals surface area (Å²) >= 11 is 1.36. The molecule has 15 heavy (non-hydrogen) atoms. The Hall–Kier alpha value is -1.43. The first kappa shape index (κ1) is 10.1. The molecule has 0 radical (unpaired) electrons. The summed E-state index contributed by atoms with van der Waals surface area (Å²) in [6, 6.07) is 0. The van der Waals surface area contributed by atoms with Crippen molar-refractivity contribution >= 4 is 34.5 Å². The second kappa shape index (κ2) is 3.62. The highest BCUT2D eigenvalue weighted by atomic mass is 32.2. The van der Waals surface area contributed by atoms with Crippen molar-refractivity contribution in [2.75, 3.05) is 12.9 Å². The summed E-state index contributed by atoms with van der Waals surface area (Å²) in [6.45, 7) is 1.65. The predicted molar refractivity (Wildman–Crippen MR) is 57.1 cm³/mol. The van der Waals surface area contributed by atoms with Crippen molar-refractivity contribution < 1.29 is 14.3 Å². The Balaban J connectivity index is 2.48. The fraction of sp³-hybridized carbons (Fsp3) is 0.333. The number of nitrogens with zero attached hydrogens (tertiary/aromatic N) is 2. The van der Waals surface area contributed by atoms with Crippen molar-refractivity contribution in [3.63, 3.8) is 0 Å². The fourth-order valence-corrected chi connectivity index (χ4v) is 2.48. The quantitative estimate of drug-likeness (QED) is 0.610. The zero-order chi connectivity index (χ0) is 11.0. The molecule has 0 N–H and O–H groups in total. The third kappa shape index (κ3) is 1.61. The minimum Gasteiger partial charge on any atom is -0.466 e. The van der Waals surface area contributed by atoms with Gasteiger partial charge in [0, 0.05) is 5.75 Å². The Morgan fingerprint density at radius 3 is 2.87 bits per heavy atom. The van der Waals surface area contributed by atoms with Gasteiger partial charge in [-0.3, -0.25) is 4.79 Å². The Kier molecular flexibility index (Phi) is 2.44. The number of aliphatic imine (C=N–C) groups is 2. The summed E-state index contributed by atoms with van der Waals surface area (Å²) in [6.07, 6.45) is 0. The van der Waals surface area contributed by atoms with Crippen LogP contribution < -0.4 is 0 Å². The molecule has 0 spiro atoms. The molecule has 6 heteroatoms. The lowest BCUT2D eigenvalue weighted by molar-refractivity contribution is -0.136.